The molecule has 1 aromatic heterocycles. The maximum atomic E-state index is 12.1. The minimum absolute atomic E-state index is 0. The van der Waals surface area contributed by atoms with Crippen molar-refractivity contribution in [1.29, 1.82) is 0 Å². The zero-order chi connectivity index (χ0) is 20.2. The molecule has 0 unspecified atom stereocenters. The molecule has 0 spiro atoms. The summed E-state index contributed by atoms with van der Waals surface area (Å²) in [5, 5.41) is 7.46. The van der Waals surface area contributed by atoms with Crippen molar-refractivity contribution in [2.24, 2.45) is 4.99 Å². The number of thiazole rings is 1. The molecule has 0 amide bonds. The lowest BCUT2D eigenvalue weighted by atomic mass is 10.2. The van der Waals surface area contributed by atoms with E-state index in [9.17, 15) is 8.42 Å². The molecule has 0 saturated heterocycles. The summed E-state index contributed by atoms with van der Waals surface area (Å²) in [6.45, 7) is 5.98. The Kier molecular flexibility index (Phi) is 12.4. The number of halogens is 1. The lowest BCUT2D eigenvalue weighted by molar-refractivity contribution is 0.581. The molecule has 10 heteroatoms. The topological polar surface area (TPSA) is 95.5 Å². The highest BCUT2D eigenvalue weighted by Crippen LogP contribution is 2.13. The van der Waals surface area contributed by atoms with Gasteiger partial charge >= 0.3 is 0 Å². The van der Waals surface area contributed by atoms with Gasteiger partial charge < -0.3 is 10.6 Å². The van der Waals surface area contributed by atoms with E-state index in [2.05, 4.69) is 32.3 Å². The summed E-state index contributed by atoms with van der Waals surface area (Å²) in [4.78, 5) is 10.0. The number of nitrogens with one attached hydrogen (secondary N) is 3. The molecule has 29 heavy (non-hydrogen) atoms. The predicted octanol–water partition coefficient (Wildman–Crippen LogP) is 2.54. The largest absolute Gasteiger partial charge is 0.357 e. The predicted molar refractivity (Wildman–Crippen MR) is 132 cm³/mol. The molecule has 0 atom stereocenters. The highest BCUT2D eigenvalue weighted by molar-refractivity contribution is 14.0. The smallest absolute Gasteiger partial charge is 0.213 e. The molecular formula is C19H30IN5O2S2. The summed E-state index contributed by atoms with van der Waals surface area (Å²) < 4.78 is 26.9. The van der Waals surface area contributed by atoms with E-state index in [1.807, 2.05) is 43.5 Å². The van der Waals surface area contributed by atoms with Gasteiger partial charge in [0.05, 0.1) is 17.3 Å². The number of nitrogens with zero attached hydrogens (tertiary/aromatic N) is 2. The van der Waals surface area contributed by atoms with Crippen LogP contribution in [0.4, 0.5) is 0 Å². The normalized spacial score (nSPS) is 11.7. The Balaban J connectivity index is 0.00000420. The minimum Gasteiger partial charge on any atom is -0.357 e. The lowest BCUT2D eigenvalue weighted by Crippen LogP contribution is -2.39. The standard InChI is InChI=1S/C19H29N5O2S2.HI/c1-3-17-15-23-18(27-17)10-11-21-19(20-4-2)22-12-13-28(25,26)24-14-16-8-6-5-7-9-16;/h5-9,15,24H,3-4,10-14H2,1-2H3,(H2,20,21,22);1H. The monoisotopic (exact) mass is 551 g/mol. The molecule has 0 aliphatic carbocycles. The van der Waals surface area contributed by atoms with Gasteiger partial charge in [-0.05, 0) is 18.9 Å². The number of guanidine groups is 1. The van der Waals surface area contributed by atoms with E-state index in [4.69, 9.17) is 0 Å². The van der Waals surface area contributed by atoms with Gasteiger partial charge in [0.15, 0.2) is 5.96 Å². The molecule has 7 nitrogen and oxygen atoms in total. The Hall–Kier alpha value is -1.24. The second kappa shape index (κ2) is 13.9. The molecule has 1 heterocycles. The van der Waals surface area contributed by atoms with Crippen molar-refractivity contribution in [3.8, 4) is 0 Å². The first-order valence-electron chi connectivity index (χ1n) is 9.49. The highest BCUT2D eigenvalue weighted by atomic mass is 127. The lowest BCUT2D eigenvalue weighted by Gasteiger charge is -2.11. The number of sulfonamides is 1. The quantitative estimate of drug-likeness (QED) is 0.227. The van der Waals surface area contributed by atoms with Crippen molar-refractivity contribution in [1.82, 2.24) is 20.3 Å². The molecule has 0 fully saturated rings. The third-order valence-corrected chi connectivity index (χ3v) is 6.40. The minimum atomic E-state index is -3.38. The second-order valence-electron chi connectivity index (χ2n) is 6.14. The van der Waals surface area contributed by atoms with E-state index in [1.54, 1.807) is 11.3 Å². The van der Waals surface area contributed by atoms with Crippen molar-refractivity contribution < 1.29 is 8.42 Å². The zero-order valence-electron chi connectivity index (χ0n) is 16.8. The Labute approximate surface area is 194 Å². The van der Waals surface area contributed by atoms with Crippen LogP contribution in [0.15, 0.2) is 41.5 Å². The second-order valence-corrected chi connectivity index (χ2v) is 9.26. The third-order valence-electron chi connectivity index (χ3n) is 3.89. The van der Waals surface area contributed by atoms with Crippen LogP contribution in [0, 0.1) is 0 Å². The van der Waals surface area contributed by atoms with E-state index in [0.29, 0.717) is 25.6 Å². The van der Waals surface area contributed by atoms with Crippen LogP contribution in [0.2, 0.25) is 0 Å². The fraction of sp³-hybridized carbons (Fsp3) is 0.474. The molecule has 3 N–H and O–H groups in total. The van der Waals surface area contributed by atoms with Crippen LogP contribution in [0.3, 0.4) is 0 Å². The van der Waals surface area contributed by atoms with Gasteiger partial charge in [-0.25, -0.2) is 18.1 Å². The van der Waals surface area contributed by atoms with Gasteiger partial charge in [-0.15, -0.1) is 35.3 Å². The molecule has 1 aromatic carbocycles. The van der Waals surface area contributed by atoms with Crippen molar-refractivity contribution in [2.45, 2.75) is 33.2 Å². The van der Waals surface area contributed by atoms with E-state index in [-0.39, 0.29) is 36.3 Å². The molecule has 0 aliphatic rings. The van der Waals surface area contributed by atoms with Crippen LogP contribution in [0.5, 0.6) is 0 Å². The Morgan fingerprint density at radius 3 is 2.59 bits per heavy atom. The number of aromatic nitrogens is 1. The summed E-state index contributed by atoms with van der Waals surface area (Å²) in [5.74, 6) is 0.566. The number of hydrogen-bond acceptors (Lipinski definition) is 5. The number of aryl methyl sites for hydroxylation is 1. The SMILES string of the molecule is CCNC(=NCCS(=O)(=O)NCc1ccccc1)NCCc1ncc(CC)s1.I. The van der Waals surface area contributed by atoms with E-state index in [1.165, 1.54) is 4.88 Å². The van der Waals surface area contributed by atoms with E-state index < -0.39 is 10.0 Å². The molecule has 0 saturated carbocycles. The van der Waals surface area contributed by atoms with Crippen LogP contribution < -0.4 is 15.4 Å². The first-order valence-corrected chi connectivity index (χ1v) is 12.0. The molecule has 2 aromatic rings. The van der Waals surface area contributed by atoms with Crippen molar-refractivity contribution >= 4 is 51.3 Å². The van der Waals surface area contributed by atoms with Gasteiger partial charge in [0.25, 0.3) is 0 Å². The summed E-state index contributed by atoms with van der Waals surface area (Å²) in [6, 6.07) is 9.45. The summed E-state index contributed by atoms with van der Waals surface area (Å²) in [7, 11) is -3.38. The number of hydrogen-bond donors (Lipinski definition) is 3. The van der Waals surface area contributed by atoms with Gasteiger partial charge in [-0.1, -0.05) is 37.3 Å². The number of benzene rings is 1. The molecule has 2 rings (SSSR count). The van der Waals surface area contributed by atoms with Crippen molar-refractivity contribution in [3.05, 3.63) is 52.0 Å². The Morgan fingerprint density at radius 1 is 1.17 bits per heavy atom. The van der Waals surface area contributed by atoms with Crippen LogP contribution in [0.25, 0.3) is 0 Å². The van der Waals surface area contributed by atoms with Crippen LogP contribution in [-0.2, 0) is 29.4 Å². The number of rotatable bonds is 11. The summed E-state index contributed by atoms with van der Waals surface area (Å²) >= 11 is 1.72. The van der Waals surface area contributed by atoms with Gasteiger partial charge in [-0.2, -0.15) is 0 Å². The fourth-order valence-corrected chi connectivity index (χ4v) is 4.12. The average Bonchev–Trinajstić information content (AvgIpc) is 3.15. The van der Waals surface area contributed by atoms with Gasteiger partial charge in [0.1, 0.15) is 0 Å². The maximum absolute atomic E-state index is 12.1. The van der Waals surface area contributed by atoms with Gasteiger partial charge in [0.2, 0.25) is 10.0 Å². The summed E-state index contributed by atoms with van der Waals surface area (Å²) in [6.07, 6.45) is 3.74. The molecule has 0 radical (unpaired) electrons. The highest BCUT2D eigenvalue weighted by Gasteiger charge is 2.09. The summed E-state index contributed by atoms with van der Waals surface area (Å²) in [5.41, 5.74) is 0.929. The molecule has 0 bridgehead atoms. The van der Waals surface area contributed by atoms with Gasteiger partial charge in [-0.3, -0.25) is 4.99 Å². The van der Waals surface area contributed by atoms with Crippen LogP contribution in [0.1, 0.15) is 29.3 Å². The maximum Gasteiger partial charge on any atom is 0.213 e. The Bertz CT molecular complexity index is 841. The Morgan fingerprint density at radius 2 is 1.93 bits per heavy atom. The van der Waals surface area contributed by atoms with Crippen molar-refractivity contribution in [3.63, 3.8) is 0 Å². The van der Waals surface area contributed by atoms with Crippen LogP contribution >= 0.6 is 35.3 Å². The first-order chi connectivity index (χ1) is 13.5. The molecular weight excluding hydrogens is 521 g/mol. The first kappa shape index (κ1) is 25.8. The zero-order valence-corrected chi connectivity index (χ0v) is 20.8. The average molecular weight is 552 g/mol. The fourth-order valence-electron chi connectivity index (χ4n) is 2.40. The van der Waals surface area contributed by atoms with Gasteiger partial charge in [0, 0.05) is 37.1 Å². The third kappa shape index (κ3) is 10.4. The molecule has 162 valence electrons. The van der Waals surface area contributed by atoms with Crippen molar-refractivity contribution in [2.75, 3.05) is 25.4 Å². The molecule has 0 aliphatic heterocycles. The number of aliphatic imine (C=N–C) groups is 1. The van der Waals surface area contributed by atoms with Crippen LogP contribution in [-0.4, -0.2) is 44.7 Å². The van der Waals surface area contributed by atoms with E-state index in [0.717, 1.165) is 23.4 Å². The van der Waals surface area contributed by atoms with E-state index >= 15 is 0 Å².